The summed E-state index contributed by atoms with van der Waals surface area (Å²) in [5.41, 5.74) is 4.01. The van der Waals surface area contributed by atoms with Gasteiger partial charge in [0.05, 0.1) is 18.3 Å². The summed E-state index contributed by atoms with van der Waals surface area (Å²) < 4.78 is 20.4. The van der Waals surface area contributed by atoms with Gasteiger partial charge >= 0.3 is 0 Å². The summed E-state index contributed by atoms with van der Waals surface area (Å²) in [6, 6.07) is 13.3. The summed E-state index contributed by atoms with van der Waals surface area (Å²) in [5, 5.41) is 12.5. The molecule has 2 heterocycles. The molecule has 28 heavy (non-hydrogen) atoms. The minimum atomic E-state index is -0.473. The zero-order chi connectivity index (χ0) is 19.7. The summed E-state index contributed by atoms with van der Waals surface area (Å²) >= 11 is 0. The summed E-state index contributed by atoms with van der Waals surface area (Å²) in [4.78, 5) is 2.32. The summed E-state index contributed by atoms with van der Waals surface area (Å²) in [6.07, 6.45) is 1.26. The van der Waals surface area contributed by atoms with Crippen molar-refractivity contribution < 1.29 is 9.13 Å². The molecule has 5 heteroatoms. The molecule has 2 aliphatic heterocycles. The molecule has 1 unspecified atom stereocenters. The van der Waals surface area contributed by atoms with Gasteiger partial charge in [0.15, 0.2) is 0 Å². The van der Waals surface area contributed by atoms with E-state index in [9.17, 15) is 4.39 Å². The number of ether oxygens (including phenoxy) is 1. The van der Waals surface area contributed by atoms with Gasteiger partial charge in [0.1, 0.15) is 11.9 Å². The number of nitrogens with one attached hydrogen (secondary N) is 1. The van der Waals surface area contributed by atoms with E-state index in [0.29, 0.717) is 6.61 Å². The van der Waals surface area contributed by atoms with E-state index in [1.165, 1.54) is 18.1 Å². The first-order valence-electron chi connectivity index (χ1n) is 9.92. The first-order chi connectivity index (χ1) is 13.5. The van der Waals surface area contributed by atoms with E-state index in [1.54, 1.807) is 6.07 Å². The van der Waals surface area contributed by atoms with Crippen molar-refractivity contribution in [3.63, 3.8) is 0 Å². The Morgan fingerprint density at radius 3 is 2.64 bits per heavy atom. The fraction of sp³-hybridized carbons (Fsp3) is 0.435. The first-order valence-corrected chi connectivity index (χ1v) is 9.92. The van der Waals surface area contributed by atoms with Crippen LogP contribution in [0.3, 0.4) is 0 Å². The van der Waals surface area contributed by atoms with Gasteiger partial charge < -0.3 is 15.0 Å². The van der Waals surface area contributed by atoms with Gasteiger partial charge in [-0.15, -0.1) is 0 Å². The number of nitriles is 1. The average molecular weight is 379 g/mol. The molecular formula is C23H26FN3O. The number of benzene rings is 2. The second-order valence-corrected chi connectivity index (χ2v) is 8.16. The minimum absolute atomic E-state index is 0.0763. The van der Waals surface area contributed by atoms with Crippen molar-refractivity contribution in [3.8, 4) is 17.2 Å². The maximum Gasteiger partial charge on any atom is 0.141 e. The van der Waals surface area contributed by atoms with Gasteiger partial charge in [-0.3, -0.25) is 0 Å². The second kappa shape index (κ2) is 7.54. The van der Waals surface area contributed by atoms with Crippen molar-refractivity contribution in [3.05, 3.63) is 53.3 Å². The third-order valence-electron chi connectivity index (χ3n) is 6.07. The highest BCUT2D eigenvalue weighted by atomic mass is 19.1. The SMILES string of the molecule is CC(C)(c1ccc(N2CCC2)c(-c2ccc(C#N)c(F)c2)c1)C1CNCCO1. The van der Waals surface area contributed by atoms with Crippen molar-refractivity contribution in [1.29, 1.82) is 5.26 Å². The summed E-state index contributed by atoms with van der Waals surface area (Å²) in [5.74, 6) is -0.473. The number of rotatable bonds is 4. The number of morpholine rings is 1. The molecule has 2 aromatic rings. The molecule has 0 aromatic heterocycles. The smallest absolute Gasteiger partial charge is 0.141 e. The van der Waals surface area contributed by atoms with Gasteiger partial charge in [-0.2, -0.15) is 5.26 Å². The average Bonchev–Trinajstić information content (AvgIpc) is 2.67. The molecule has 0 aliphatic carbocycles. The highest BCUT2D eigenvalue weighted by Crippen LogP contribution is 2.39. The third-order valence-corrected chi connectivity index (χ3v) is 6.07. The zero-order valence-electron chi connectivity index (χ0n) is 16.5. The number of anilines is 1. The van der Waals surface area contributed by atoms with Crippen LogP contribution in [-0.2, 0) is 10.2 Å². The fourth-order valence-corrected chi connectivity index (χ4v) is 3.99. The van der Waals surface area contributed by atoms with Crippen LogP contribution in [0.25, 0.3) is 11.1 Å². The number of halogens is 1. The molecule has 0 amide bonds. The van der Waals surface area contributed by atoms with Crippen LogP contribution in [-0.4, -0.2) is 38.9 Å². The molecule has 2 saturated heterocycles. The van der Waals surface area contributed by atoms with Crippen LogP contribution in [0.5, 0.6) is 0 Å². The van der Waals surface area contributed by atoms with E-state index in [1.807, 2.05) is 12.1 Å². The van der Waals surface area contributed by atoms with E-state index in [2.05, 4.69) is 42.3 Å². The minimum Gasteiger partial charge on any atom is -0.375 e. The number of hydrogen-bond acceptors (Lipinski definition) is 4. The lowest BCUT2D eigenvalue weighted by Crippen LogP contribution is -2.48. The molecule has 146 valence electrons. The van der Waals surface area contributed by atoms with E-state index in [-0.39, 0.29) is 17.1 Å². The summed E-state index contributed by atoms with van der Waals surface area (Å²) in [7, 11) is 0. The lowest BCUT2D eigenvalue weighted by Gasteiger charge is -2.39. The van der Waals surface area contributed by atoms with Crippen molar-refractivity contribution in [1.82, 2.24) is 5.32 Å². The standard InChI is InChI=1S/C23H26FN3O/c1-23(2,22-15-26-8-11-28-22)18-6-7-21(27-9-3-10-27)19(13-18)16-4-5-17(14-25)20(24)12-16/h4-7,12-13,22,26H,3,8-11,15H2,1-2H3. The topological polar surface area (TPSA) is 48.3 Å². The van der Waals surface area contributed by atoms with Crippen molar-refractivity contribution in [2.75, 3.05) is 37.7 Å². The van der Waals surface area contributed by atoms with E-state index >= 15 is 0 Å². The van der Waals surface area contributed by atoms with Gasteiger partial charge in [-0.05, 0) is 41.8 Å². The Labute approximate surface area is 165 Å². The predicted octanol–water partition coefficient (Wildman–Crippen LogP) is 3.84. The zero-order valence-corrected chi connectivity index (χ0v) is 16.5. The van der Waals surface area contributed by atoms with Crippen LogP contribution in [0.4, 0.5) is 10.1 Å². The first kappa shape index (κ1) is 18.9. The van der Waals surface area contributed by atoms with Crippen molar-refractivity contribution in [2.24, 2.45) is 0 Å². The maximum atomic E-state index is 14.3. The third kappa shape index (κ3) is 3.39. The van der Waals surface area contributed by atoms with Gasteiger partial charge in [-0.25, -0.2) is 4.39 Å². The molecule has 2 aliphatic rings. The van der Waals surface area contributed by atoms with Gasteiger partial charge in [0.2, 0.25) is 0 Å². The summed E-state index contributed by atoms with van der Waals surface area (Å²) in [6.45, 7) is 8.86. The highest BCUT2D eigenvalue weighted by molar-refractivity contribution is 5.80. The Kier molecular flexibility index (Phi) is 5.09. The van der Waals surface area contributed by atoms with Crippen LogP contribution < -0.4 is 10.2 Å². The number of hydrogen-bond donors (Lipinski definition) is 1. The predicted molar refractivity (Wildman–Crippen MR) is 109 cm³/mol. The lowest BCUT2D eigenvalue weighted by atomic mass is 9.77. The molecule has 4 rings (SSSR count). The van der Waals surface area contributed by atoms with Crippen LogP contribution in [0.1, 0.15) is 31.4 Å². The molecule has 0 bridgehead atoms. The maximum absolute atomic E-state index is 14.3. The van der Waals surface area contributed by atoms with Gasteiger partial charge in [0, 0.05) is 42.8 Å². The Balaban J connectivity index is 1.78. The molecule has 1 atom stereocenters. The Morgan fingerprint density at radius 1 is 1.21 bits per heavy atom. The lowest BCUT2D eigenvalue weighted by molar-refractivity contribution is -0.0138. The molecule has 0 saturated carbocycles. The quantitative estimate of drug-likeness (QED) is 0.877. The molecular weight excluding hydrogens is 353 g/mol. The van der Waals surface area contributed by atoms with Crippen molar-refractivity contribution >= 4 is 5.69 Å². The Bertz CT molecular complexity index is 909. The Hall–Kier alpha value is -2.42. The Morgan fingerprint density at radius 2 is 2.04 bits per heavy atom. The van der Waals surface area contributed by atoms with Crippen LogP contribution >= 0.6 is 0 Å². The fourth-order valence-electron chi connectivity index (χ4n) is 3.99. The number of nitrogens with zero attached hydrogens (tertiary/aromatic N) is 2. The van der Waals surface area contributed by atoms with Crippen LogP contribution in [0.15, 0.2) is 36.4 Å². The van der Waals surface area contributed by atoms with Gasteiger partial charge in [0.25, 0.3) is 0 Å². The normalized spacial score (nSPS) is 19.8. The monoisotopic (exact) mass is 379 g/mol. The van der Waals surface area contributed by atoms with E-state index in [0.717, 1.165) is 43.0 Å². The highest BCUT2D eigenvalue weighted by Gasteiger charge is 2.34. The van der Waals surface area contributed by atoms with Gasteiger partial charge in [-0.1, -0.05) is 26.0 Å². The molecule has 1 N–H and O–H groups in total. The molecule has 0 radical (unpaired) electrons. The van der Waals surface area contributed by atoms with Crippen molar-refractivity contribution in [2.45, 2.75) is 31.8 Å². The molecule has 0 spiro atoms. The van der Waals surface area contributed by atoms with Crippen LogP contribution in [0.2, 0.25) is 0 Å². The molecule has 2 aromatic carbocycles. The van der Waals surface area contributed by atoms with E-state index < -0.39 is 5.82 Å². The second-order valence-electron chi connectivity index (χ2n) is 8.16. The molecule has 4 nitrogen and oxygen atoms in total. The largest absolute Gasteiger partial charge is 0.375 e. The van der Waals surface area contributed by atoms with E-state index in [4.69, 9.17) is 10.00 Å². The molecule has 2 fully saturated rings. The van der Waals surface area contributed by atoms with Crippen LogP contribution in [0, 0.1) is 17.1 Å².